The van der Waals surface area contributed by atoms with Gasteiger partial charge in [0, 0.05) is 0 Å². The van der Waals surface area contributed by atoms with E-state index in [1.807, 2.05) is 0 Å². The number of rotatable bonds is 8. The lowest BCUT2D eigenvalue weighted by Crippen LogP contribution is -2.33. The molecule has 0 radical (unpaired) electrons. The normalized spacial score (nSPS) is 19.1. The van der Waals surface area contributed by atoms with Crippen molar-refractivity contribution in [1.29, 1.82) is 0 Å². The van der Waals surface area contributed by atoms with Crippen LogP contribution in [0.15, 0.2) is 0 Å². The lowest BCUT2D eigenvalue weighted by molar-refractivity contribution is 0.189. The third-order valence-corrected chi connectivity index (χ3v) is 3.96. The molecule has 0 aromatic carbocycles. The van der Waals surface area contributed by atoms with Crippen molar-refractivity contribution in [3.63, 3.8) is 0 Å². The van der Waals surface area contributed by atoms with Gasteiger partial charge in [0.15, 0.2) is 0 Å². The Balaban J connectivity index is 1.84. The van der Waals surface area contributed by atoms with E-state index in [2.05, 4.69) is 30.8 Å². The van der Waals surface area contributed by atoms with E-state index >= 15 is 0 Å². The Morgan fingerprint density at radius 2 is 1.53 bits per heavy atom. The van der Waals surface area contributed by atoms with Gasteiger partial charge in [-0.3, -0.25) is 0 Å². The molecular weight excluding hydrogens is 208 g/mol. The molecule has 0 N–H and O–H groups in total. The number of hydrogen-bond acceptors (Lipinski definition) is 2. The molecule has 1 aliphatic heterocycles. The van der Waals surface area contributed by atoms with Gasteiger partial charge in [-0.1, -0.05) is 26.2 Å². The lowest BCUT2D eigenvalue weighted by atomic mass is 9.99. The summed E-state index contributed by atoms with van der Waals surface area (Å²) in [4.78, 5) is 4.95. The van der Waals surface area contributed by atoms with E-state index in [-0.39, 0.29) is 0 Å². The molecule has 0 atom stereocenters. The zero-order valence-corrected chi connectivity index (χ0v) is 12.2. The number of hydrogen-bond donors (Lipinski definition) is 0. The molecule has 0 amide bonds. The van der Waals surface area contributed by atoms with E-state index in [0.29, 0.717) is 0 Å². The molecule has 0 bridgehead atoms. The molecule has 2 heteroatoms. The Morgan fingerprint density at radius 1 is 0.941 bits per heavy atom. The highest BCUT2D eigenvalue weighted by Crippen LogP contribution is 2.16. The first-order valence-electron chi connectivity index (χ1n) is 7.55. The standard InChI is InChI=1S/C15H32N2/c1-15-9-13-17(14-10-15)12-8-6-4-5-7-11-16(2)3/h15H,4-14H2,1-3H3. The second-order valence-corrected chi connectivity index (χ2v) is 6.10. The minimum Gasteiger partial charge on any atom is -0.309 e. The summed E-state index contributed by atoms with van der Waals surface area (Å²) in [5.41, 5.74) is 0. The van der Waals surface area contributed by atoms with Crippen molar-refractivity contribution in [2.75, 3.05) is 40.3 Å². The number of likely N-dealkylation sites (tertiary alicyclic amines) is 1. The van der Waals surface area contributed by atoms with Crippen molar-refractivity contribution in [3.8, 4) is 0 Å². The summed E-state index contributed by atoms with van der Waals surface area (Å²) in [6.45, 7) is 7.69. The Hall–Kier alpha value is -0.0800. The summed E-state index contributed by atoms with van der Waals surface area (Å²) in [6, 6.07) is 0. The summed E-state index contributed by atoms with van der Waals surface area (Å²) in [5, 5.41) is 0. The number of nitrogens with zero attached hydrogens (tertiary/aromatic N) is 2. The average molecular weight is 240 g/mol. The van der Waals surface area contributed by atoms with Gasteiger partial charge in [-0.2, -0.15) is 0 Å². The summed E-state index contributed by atoms with van der Waals surface area (Å²) in [6.07, 6.45) is 9.89. The largest absolute Gasteiger partial charge is 0.309 e. The first-order chi connectivity index (χ1) is 8.18. The maximum Gasteiger partial charge on any atom is -0.00162 e. The van der Waals surface area contributed by atoms with Crippen molar-refractivity contribution in [2.45, 2.75) is 51.9 Å². The maximum absolute atomic E-state index is 2.67. The first-order valence-corrected chi connectivity index (χ1v) is 7.55. The van der Waals surface area contributed by atoms with Gasteiger partial charge in [0.2, 0.25) is 0 Å². The summed E-state index contributed by atoms with van der Waals surface area (Å²) >= 11 is 0. The molecule has 0 aromatic heterocycles. The van der Waals surface area contributed by atoms with Crippen molar-refractivity contribution in [2.24, 2.45) is 5.92 Å². The average Bonchev–Trinajstić information content (AvgIpc) is 2.30. The van der Waals surface area contributed by atoms with Crippen LogP contribution in [0, 0.1) is 5.92 Å². The van der Waals surface area contributed by atoms with E-state index in [4.69, 9.17) is 0 Å². The molecule has 1 saturated heterocycles. The lowest BCUT2D eigenvalue weighted by Gasteiger charge is -2.30. The predicted octanol–water partition coefficient (Wildman–Crippen LogP) is 3.23. The number of piperidine rings is 1. The molecule has 17 heavy (non-hydrogen) atoms. The van der Waals surface area contributed by atoms with Crippen molar-refractivity contribution in [3.05, 3.63) is 0 Å². The van der Waals surface area contributed by atoms with Crippen LogP contribution >= 0.6 is 0 Å². The molecule has 1 fully saturated rings. The third-order valence-electron chi connectivity index (χ3n) is 3.96. The van der Waals surface area contributed by atoms with E-state index in [0.717, 1.165) is 5.92 Å². The van der Waals surface area contributed by atoms with Gasteiger partial charge in [0.1, 0.15) is 0 Å². The van der Waals surface area contributed by atoms with Crippen LogP contribution in [0.2, 0.25) is 0 Å². The van der Waals surface area contributed by atoms with Gasteiger partial charge in [0.05, 0.1) is 0 Å². The van der Waals surface area contributed by atoms with E-state index in [9.17, 15) is 0 Å². The monoisotopic (exact) mass is 240 g/mol. The zero-order chi connectivity index (χ0) is 12.5. The van der Waals surface area contributed by atoms with Gasteiger partial charge in [-0.25, -0.2) is 0 Å². The molecule has 0 saturated carbocycles. The summed E-state index contributed by atoms with van der Waals surface area (Å²) in [7, 11) is 4.33. The highest BCUT2D eigenvalue weighted by molar-refractivity contribution is 4.69. The Bertz CT molecular complexity index is 172. The fraction of sp³-hybridized carbons (Fsp3) is 1.00. The van der Waals surface area contributed by atoms with Crippen LogP contribution in [0.25, 0.3) is 0 Å². The van der Waals surface area contributed by atoms with Crippen LogP contribution in [-0.2, 0) is 0 Å². The van der Waals surface area contributed by atoms with E-state index in [1.165, 1.54) is 71.1 Å². The minimum absolute atomic E-state index is 0.970. The van der Waals surface area contributed by atoms with Crippen LogP contribution in [0.3, 0.4) is 0 Å². The van der Waals surface area contributed by atoms with Crippen molar-refractivity contribution in [1.82, 2.24) is 9.80 Å². The summed E-state index contributed by atoms with van der Waals surface area (Å²) < 4.78 is 0. The fourth-order valence-electron chi connectivity index (χ4n) is 2.58. The van der Waals surface area contributed by atoms with Crippen LogP contribution in [-0.4, -0.2) is 50.1 Å². The molecule has 1 aliphatic rings. The maximum atomic E-state index is 2.67. The Labute approximate surface area is 108 Å². The molecule has 0 spiro atoms. The second-order valence-electron chi connectivity index (χ2n) is 6.10. The molecule has 0 aromatic rings. The van der Waals surface area contributed by atoms with Gasteiger partial charge in [-0.05, 0) is 71.9 Å². The summed E-state index contributed by atoms with van der Waals surface area (Å²) in [5.74, 6) is 0.970. The highest BCUT2D eigenvalue weighted by atomic mass is 15.1. The molecule has 0 aliphatic carbocycles. The zero-order valence-electron chi connectivity index (χ0n) is 12.2. The first kappa shape index (κ1) is 15.0. The van der Waals surface area contributed by atoms with E-state index in [1.54, 1.807) is 0 Å². The Morgan fingerprint density at radius 3 is 2.18 bits per heavy atom. The molecule has 2 nitrogen and oxygen atoms in total. The molecule has 102 valence electrons. The number of unbranched alkanes of at least 4 members (excludes halogenated alkanes) is 4. The highest BCUT2D eigenvalue weighted by Gasteiger charge is 2.14. The SMILES string of the molecule is CC1CCN(CCCCCCCN(C)C)CC1. The topological polar surface area (TPSA) is 6.48 Å². The molecule has 0 unspecified atom stereocenters. The van der Waals surface area contributed by atoms with Crippen LogP contribution in [0.5, 0.6) is 0 Å². The van der Waals surface area contributed by atoms with Gasteiger partial charge >= 0.3 is 0 Å². The third kappa shape index (κ3) is 7.77. The van der Waals surface area contributed by atoms with Gasteiger partial charge in [0.25, 0.3) is 0 Å². The van der Waals surface area contributed by atoms with Crippen LogP contribution in [0.1, 0.15) is 51.9 Å². The van der Waals surface area contributed by atoms with Crippen LogP contribution in [0.4, 0.5) is 0 Å². The quantitative estimate of drug-likeness (QED) is 0.601. The second kappa shape index (κ2) is 8.93. The molecule has 1 heterocycles. The molecular formula is C15H32N2. The minimum atomic E-state index is 0.970. The smallest absolute Gasteiger partial charge is 0.00162 e. The van der Waals surface area contributed by atoms with Crippen molar-refractivity contribution < 1.29 is 0 Å². The molecule has 1 rings (SSSR count). The van der Waals surface area contributed by atoms with Gasteiger partial charge in [-0.15, -0.1) is 0 Å². The predicted molar refractivity (Wildman–Crippen MR) is 76.5 cm³/mol. The Kier molecular flexibility index (Phi) is 7.87. The van der Waals surface area contributed by atoms with Gasteiger partial charge < -0.3 is 9.80 Å². The van der Waals surface area contributed by atoms with Crippen LogP contribution < -0.4 is 0 Å². The fourth-order valence-corrected chi connectivity index (χ4v) is 2.58. The van der Waals surface area contributed by atoms with E-state index < -0.39 is 0 Å². The van der Waals surface area contributed by atoms with Crippen molar-refractivity contribution >= 4 is 0 Å².